The Morgan fingerprint density at radius 1 is 1.33 bits per heavy atom. The summed E-state index contributed by atoms with van der Waals surface area (Å²) in [5, 5.41) is 0. The molecule has 1 fully saturated rings. The number of ether oxygens (including phenoxy) is 2. The number of hydrogen-bond donors (Lipinski definition) is 1. The molecule has 3 heteroatoms. The summed E-state index contributed by atoms with van der Waals surface area (Å²) in [4.78, 5) is 0. The topological polar surface area (TPSA) is 44.5 Å². The van der Waals surface area contributed by atoms with Gasteiger partial charge in [-0.25, -0.2) is 0 Å². The number of benzene rings is 1. The maximum Gasteiger partial charge on any atom is 0.122 e. The Morgan fingerprint density at radius 3 is 2.44 bits per heavy atom. The molecular weight excluding hydrogens is 226 g/mol. The Labute approximate surface area is 109 Å². The molecule has 0 spiro atoms. The molecule has 2 rings (SSSR count). The zero-order valence-electron chi connectivity index (χ0n) is 11.7. The molecule has 0 amide bonds. The van der Waals surface area contributed by atoms with Crippen LogP contribution in [-0.2, 0) is 10.2 Å². The highest BCUT2D eigenvalue weighted by Gasteiger charge is 2.45. The second kappa shape index (κ2) is 4.90. The minimum atomic E-state index is 0.0931. The van der Waals surface area contributed by atoms with Crippen molar-refractivity contribution in [1.82, 2.24) is 0 Å². The third-order valence-corrected chi connectivity index (χ3v) is 4.51. The van der Waals surface area contributed by atoms with Crippen molar-refractivity contribution in [2.24, 2.45) is 11.7 Å². The van der Waals surface area contributed by atoms with E-state index in [4.69, 9.17) is 15.2 Å². The van der Waals surface area contributed by atoms with Gasteiger partial charge in [-0.05, 0) is 49.1 Å². The van der Waals surface area contributed by atoms with E-state index in [1.807, 2.05) is 0 Å². The molecule has 1 saturated heterocycles. The van der Waals surface area contributed by atoms with Crippen LogP contribution in [0.25, 0.3) is 0 Å². The summed E-state index contributed by atoms with van der Waals surface area (Å²) in [6.45, 7) is 8.72. The average molecular weight is 249 g/mol. The van der Waals surface area contributed by atoms with Gasteiger partial charge in [0.1, 0.15) is 5.75 Å². The molecular formula is C15H23NO2. The van der Waals surface area contributed by atoms with Gasteiger partial charge in [0, 0.05) is 5.41 Å². The monoisotopic (exact) mass is 249 g/mol. The molecule has 0 aromatic heterocycles. The largest absolute Gasteiger partial charge is 0.496 e. The van der Waals surface area contributed by atoms with E-state index in [1.165, 1.54) is 16.7 Å². The fourth-order valence-electron chi connectivity index (χ4n) is 2.81. The molecule has 100 valence electrons. The highest BCUT2D eigenvalue weighted by atomic mass is 16.5. The lowest BCUT2D eigenvalue weighted by atomic mass is 9.67. The highest BCUT2D eigenvalue weighted by molar-refractivity contribution is 5.47. The maximum atomic E-state index is 5.87. The Balaban J connectivity index is 2.47. The van der Waals surface area contributed by atoms with Crippen molar-refractivity contribution in [3.8, 4) is 5.75 Å². The van der Waals surface area contributed by atoms with Gasteiger partial charge in [-0.15, -0.1) is 0 Å². The van der Waals surface area contributed by atoms with E-state index < -0.39 is 0 Å². The van der Waals surface area contributed by atoms with Crippen molar-refractivity contribution >= 4 is 0 Å². The molecule has 1 atom stereocenters. The van der Waals surface area contributed by atoms with E-state index >= 15 is 0 Å². The Bertz CT molecular complexity index is 438. The zero-order chi connectivity index (χ0) is 13.3. The van der Waals surface area contributed by atoms with Crippen LogP contribution in [0.2, 0.25) is 0 Å². The van der Waals surface area contributed by atoms with Gasteiger partial charge in [0.15, 0.2) is 0 Å². The van der Waals surface area contributed by atoms with Gasteiger partial charge >= 0.3 is 0 Å². The van der Waals surface area contributed by atoms with Crippen LogP contribution in [0, 0.1) is 19.8 Å². The fraction of sp³-hybridized carbons (Fsp3) is 0.600. The Kier molecular flexibility index (Phi) is 3.64. The summed E-state index contributed by atoms with van der Waals surface area (Å²) in [7, 11) is 1.71. The Morgan fingerprint density at radius 2 is 2.00 bits per heavy atom. The van der Waals surface area contributed by atoms with Gasteiger partial charge in [0.2, 0.25) is 0 Å². The minimum absolute atomic E-state index is 0.0931. The summed E-state index contributed by atoms with van der Waals surface area (Å²) in [6, 6.07) is 4.23. The van der Waals surface area contributed by atoms with Crippen molar-refractivity contribution in [1.29, 1.82) is 0 Å². The first-order chi connectivity index (χ1) is 8.56. The third-order valence-electron chi connectivity index (χ3n) is 4.51. The third kappa shape index (κ3) is 1.82. The molecule has 1 unspecified atom stereocenters. The number of rotatable bonds is 4. The molecule has 0 bridgehead atoms. The first kappa shape index (κ1) is 13.4. The Hall–Kier alpha value is -1.06. The van der Waals surface area contributed by atoms with Gasteiger partial charge in [-0.2, -0.15) is 0 Å². The molecule has 0 aliphatic carbocycles. The summed E-state index contributed by atoms with van der Waals surface area (Å²) in [5.41, 5.74) is 9.84. The second-order valence-corrected chi connectivity index (χ2v) is 5.35. The summed E-state index contributed by atoms with van der Waals surface area (Å²) in [5.74, 6) is 1.38. The molecule has 2 N–H and O–H groups in total. The van der Waals surface area contributed by atoms with E-state index in [0.717, 1.165) is 19.0 Å². The van der Waals surface area contributed by atoms with Crippen LogP contribution in [0.3, 0.4) is 0 Å². The first-order valence-corrected chi connectivity index (χ1v) is 6.49. The highest BCUT2D eigenvalue weighted by Crippen LogP contribution is 2.42. The number of nitrogens with two attached hydrogens (primary N) is 1. The normalized spacial score (nSPS) is 19.2. The predicted molar refractivity (Wildman–Crippen MR) is 73.2 cm³/mol. The molecule has 1 aliphatic heterocycles. The lowest BCUT2D eigenvalue weighted by molar-refractivity contribution is -0.0857. The van der Waals surface area contributed by atoms with Crippen LogP contribution in [0.1, 0.15) is 23.6 Å². The number of methoxy groups -OCH3 is 1. The van der Waals surface area contributed by atoms with Gasteiger partial charge in [0.05, 0.1) is 20.3 Å². The van der Waals surface area contributed by atoms with Crippen LogP contribution in [0.5, 0.6) is 5.75 Å². The smallest absolute Gasteiger partial charge is 0.122 e. The first-order valence-electron chi connectivity index (χ1n) is 6.49. The standard InChI is InChI=1S/C15H23NO2/c1-10(7-16)15(8-18-9-15)13-5-6-14(17-4)12(3)11(13)2/h5-6,10H,7-9,16H2,1-4H3. The van der Waals surface area contributed by atoms with Gasteiger partial charge in [-0.3, -0.25) is 0 Å². The molecule has 1 aliphatic rings. The van der Waals surface area contributed by atoms with Crippen molar-refractivity contribution in [2.45, 2.75) is 26.2 Å². The molecule has 1 aromatic rings. The molecule has 1 aromatic carbocycles. The second-order valence-electron chi connectivity index (χ2n) is 5.35. The summed E-state index contributed by atoms with van der Waals surface area (Å²) < 4.78 is 10.9. The zero-order valence-corrected chi connectivity index (χ0v) is 11.7. The summed E-state index contributed by atoms with van der Waals surface area (Å²) in [6.07, 6.45) is 0. The van der Waals surface area contributed by atoms with E-state index in [2.05, 4.69) is 32.9 Å². The average Bonchev–Trinajstić information content (AvgIpc) is 2.33. The van der Waals surface area contributed by atoms with Gasteiger partial charge in [-0.1, -0.05) is 13.0 Å². The lowest BCUT2D eigenvalue weighted by Gasteiger charge is -2.47. The van der Waals surface area contributed by atoms with E-state index in [9.17, 15) is 0 Å². The van der Waals surface area contributed by atoms with Gasteiger partial charge in [0.25, 0.3) is 0 Å². The van der Waals surface area contributed by atoms with Crippen LogP contribution >= 0.6 is 0 Å². The minimum Gasteiger partial charge on any atom is -0.496 e. The fourth-order valence-corrected chi connectivity index (χ4v) is 2.81. The van der Waals surface area contributed by atoms with Crippen LogP contribution in [0.15, 0.2) is 12.1 Å². The van der Waals surface area contributed by atoms with Crippen molar-refractivity contribution < 1.29 is 9.47 Å². The summed E-state index contributed by atoms with van der Waals surface area (Å²) >= 11 is 0. The van der Waals surface area contributed by atoms with E-state index in [0.29, 0.717) is 12.5 Å². The van der Waals surface area contributed by atoms with Gasteiger partial charge < -0.3 is 15.2 Å². The predicted octanol–water partition coefficient (Wildman–Crippen LogP) is 2.17. The van der Waals surface area contributed by atoms with Crippen molar-refractivity contribution in [3.63, 3.8) is 0 Å². The van der Waals surface area contributed by atoms with Crippen molar-refractivity contribution in [3.05, 3.63) is 28.8 Å². The SMILES string of the molecule is COc1ccc(C2(C(C)CN)COC2)c(C)c1C. The molecule has 0 radical (unpaired) electrons. The molecule has 3 nitrogen and oxygen atoms in total. The van der Waals surface area contributed by atoms with Crippen LogP contribution in [-0.4, -0.2) is 26.9 Å². The maximum absolute atomic E-state index is 5.87. The number of hydrogen-bond acceptors (Lipinski definition) is 3. The molecule has 0 saturated carbocycles. The van der Waals surface area contributed by atoms with Crippen LogP contribution in [0.4, 0.5) is 0 Å². The van der Waals surface area contributed by atoms with E-state index in [1.54, 1.807) is 7.11 Å². The van der Waals surface area contributed by atoms with Crippen LogP contribution < -0.4 is 10.5 Å². The lowest BCUT2D eigenvalue weighted by Crippen LogP contribution is -2.54. The quantitative estimate of drug-likeness (QED) is 0.889. The molecule has 1 heterocycles. The molecule has 18 heavy (non-hydrogen) atoms. The van der Waals surface area contributed by atoms with Crippen molar-refractivity contribution in [2.75, 3.05) is 26.9 Å². The van der Waals surface area contributed by atoms with E-state index in [-0.39, 0.29) is 5.41 Å².